The Morgan fingerprint density at radius 2 is 1.15 bits per heavy atom. The van der Waals surface area contributed by atoms with Gasteiger partial charge in [0.15, 0.2) is 0 Å². The first kappa shape index (κ1) is 25.8. The summed E-state index contributed by atoms with van der Waals surface area (Å²) >= 11 is 0. The molecule has 0 spiro atoms. The Morgan fingerprint density at radius 3 is 1.48 bits per heavy atom. The Hall–Kier alpha value is -3.50. The van der Waals surface area contributed by atoms with Crippen LogP contribution in [-0.4, -0.2) is 22.2 Å². The molecule has 0 bridgehead atoms. The predicted molar refractivity (Wildman–Crippen MR) is 132 cm³/mol. The minimum absolute atomic E-state index is 0.190. The van der Waals surface area contributed by atoms with E-state index < -0.39 is 17.4 Å². The molecule has 0 aromatic heterocycles. The van der Waals surface area contributed by atoms with E-state index in [0.29, 0.717) is 11.1 Å². The van der Waals surface area contributed by atoms with E-state index >= 15 is 0 Å². The van der Waals surface area contributed by atoms with Gasteiger partial charge in [-0.1, -0.05) is 76.4 Å². The highest BCUT2D eigenvalue weighted by molar-refractivity contribution is 5.89. The van der Waals surface area contributed by atoms with Crippen LogP contribution in [0.5, 0.6) is 0 Å². The van der Waals surface area contributed by atoms with Crippen molar-refractivity contribution in [3.05, 3.63) is 69.8 Å². The van der Waals surface area contributed by atoms with Gasteiger partial charge in [-0.15, -0.1) is 0 Å². The van der Waals surface area contributed by atoms with Crippen LogP contribution in [0, 0.1) is 23.7 Å². The summed E-state index contributed by atoms with van der Waals surface area (Å²) in [5.41, 5.74) is 2.92. The zero-order valence-electron chi connectivity index (χ0n) is 19.9. The van der Waals surface area contributed by atoms with E-state index in [1.165, 1.54) is 0 Å². The third kappa shape index (κ3) is 6.74. The van der Waals surface area contributed by atoms with Gasteiger partial charge in [0.2, 0.25) is 0 Å². The molecule has 0 amide bonds. The first-order valence-corrected chi connectivity index (χ1v) is 11.5. The lowest BCUT2D eigenvalue weighted by Gasteiger charge is -2.29. The summed E-state index contributed by atoms with van der Waals surface area (Å²) in [4.78, 5) is 23.1. The molecule has 0 atom stereocenters. The average Bonchev–Trinajstić information content (AvgIpc) is 2.79. The van der Waals surface area contributed by atoms with Gasteiger partial charge in [0.25, 0.3) is 0 Å². The van der Waals surface area contributed by atoms with E-state index in [4.69, 9.17) is 0 Å². The largest absolute Gasteiger partial charge is 0.478 e. The minimum Gasteiger partial charge on any atom is -0.478 e. The van der Waals surface area contributed by atoms with Crippen molar-refractivity contribution in [3.8, 4) is 23.7 Å². The molecule has 2 N–H and O–H groups in total. The summed E-state index contributed by atoms with van der Waals surface area (Å²) in [5, 5.41) is 19.0. The van der Waals surface area contributed by atoms with E-state index in [0.717, 1.165) is 49.7 Å². The molecule has 33 heavy (non-hydrogen) atoms. The molecular weight excluding hydrogens is 412 g/mol. The van der Waals surface area contributed by atoms with E-state index in [9.17, 15) is 19.8 Å². The molecule has 0 heterocycles. The first-order chi connectivity index (χ1) is 15.7. The van der Waals surface area contributed by atoms with E-state index in [1.54, 1.807) is 24.3 Å². The topological polar surface area (TPSA) is 74.6 Å². The number of unbranched alkanes of at least 4 members (excludes halogenated alkanes) is 4. The molecular formula is C29H32O4. The summed E-state index contributed by atoms with van der Waals surface area (Å²) < 4.78 is 0. The third-order valence-corrected chi connectivity index (χ3v) is 5.64. The summed E-state index contributed by atoms with van der Waals surface area (Å²) in [6.07, 6.45) is 5.54. The number of hydrogen-bond acceptors (Lipinski definition) is 2. The van der Waals surface area contributed by atoms with Crippen molar-refractivity contribution in [1.29, 1.82) is 0 Å². The van der Waals surface area contributed by atoms with Crippen LogP contribution in [0.4, 0.5) is 0 Å². The third-order valence-electron chi connectivity index (χ3n) is 5.64. The van der Waals surface area contributed by atoms with Crippen LogP contribution in [-0.2, 0) is 5.41 Å². The van der Waals surface area contributed by atoms with Gasteiger partial charge >= 0.3 is 11.9 Å². The van der Waals surface area contributed by atoms with Crippen molar-refractivity contribution in [3.63, 3.8) is 0 Å². The smallest absolute Gasteiger partial charge is 0.335 e. The molecule has 0 radical (unpaired) electrons. The van der Waals surface area contributed by atoms with Crippen LogP contribution in [0.2, 0.25) is 0 Å². The van der Waals surface area contributed by atoms with Crippen molar-refractivity contribution in [1.82, 2.24) is 0 Å². The van der Waals surface area contributed by atoms with Gasteiger partial charge in [-0.25, -0.2) is 9.59 Å². The Kier molecular flexibility index (Phi) is 9.31. The molecule has 0 saturated heterocycles. The van der Waals surface area contributed by atoms with Crippen LogP contribution in [0.15, 0.2) is 36.4 Å². The van der Waals surface area contributed by atoms with Gasteiger partial charge in [-0.2, -0.15) is 0 Å². The molecule has 4 nitrogen and oxygen atoms in total. The highest BCUT2D eigenvalue weighted by Crippen LogP contribution is 2.36. The second-order valence-corrected chi connectivity index (χ2v) is 8.57. The van der Waals surface area contributed by atoms with Gasteiger partial charge < -0.3 is 10.2 Å². The maximum atomic E-state index is 11.6. The van der Waals surface area contributed by atoms with Gasteiger partial charge in [-0.05, 0) is 48.2 Å². The number of aromatic carboxylic acids is 2. The zero-order valence-corrected chi connectivity index (χ0v) is 19.9. The number of rotatable bonds is 8. The lowest BCUT2D eigenvalue weighted by molar-refractivity contribution is 0.0686. The maximum absolute atomic E-state index is 11.6. The minimum atomic E-state index is -0.996. The van der Waals surface area contributed by atoms with Gasteiger partial charge in [-0.3, -0.25) is 0 Å². The fraction of sp³-hybridized carbons (Fsp3) is 0.379. The van der Waals surface area contributed by atoms with E-state index in [1.807, 2.05) is 26.0 Å². The molecule has 0 aliphatic heterocycles. The van der Waals surface area contributed by atoms with Crippen molar-refractivity contribution < 1.29 is 19.8 Å². The molecule has 0 saturated carbocycles. The lowest BCUT2D eigenvalue weighted by atomic mass is 9.73. The first-order valence-electron chi connectivity index (χ1n) is 11.5. The van der Waals surface area contributed by atoms with Crippen LogP contribution < -0.4 is 0 Å². The second-order valence-electron chi connectivity index (χ2n) is 8.57. The Morgan fingerprint density at radius 1 is 0.758 bits per heavy atom. The normalized spacial score (nSPS) is 10.5. The molecule has 0 fully saturated rings. The van der Waals surface area contributed by atoms with Crippen molar-refractivity contribution >= 4 is 11.9 Å². The quantitative estimate of drug-likeness (QED) is 0.360. The lowest BCUT2D eigenvalue weighted by Crippen LogP contribution is -2.22. The summed E-state index contributed by atoms with van der Waals surface area (Å²) in [7, 11) is 0. The predicted octanol–water partition coefficient (Wildman–Crippen LogP) is 6.49. The molecule has 2 aromatic rings. The number of carboxylic acids is 2. The van der Waals surface area contributed by atoms with Gasteiger partial charge in [0.1, 0.15) is 0 Å². The van der Waals surface area contributed by atoms with Crippen LogP contribution in [0.25, 0.3) is 0 Å². The van der Waals surface area contributed by atoms with Crippen LogP contribution in [0.1, 0.15) is 109 Å². The zero-order chi connectivity index (χ0) is 24.4. The van der Waals surface area contributed by atoms with Crippen LogP contribution in [0.3, 0.4) is 0 Å². The Bertz CT molecular complexity index is 1040. The number of carbonyl (C=O) groups is 2. The second kappa shape index (κ2) is 11.9. The number of carboxylic acid groups (broad SMARTS) is 2. The van der Waals surface area contributed by atoms with Gasteiger partial charge in [0.05, 0.1) is 11.1 Å². The molecule has 2 aromatic carbocycles. The summed E-state index contributed by atoms with van der Waals surface area (Å²) in [5.74, 6) is 10.7. The van der Waals surface area contributed by atoms with Crippen molar-refractivity contribution in [2.75, 3.05) is 0 Å². The van der Waals surface area contributed by atoms with Crippen molar-refractivity contribution in [2.45, 2.75) is 71.6 Å². The van der Waals surface area contributed by atoms with Gasteiger partial charge in [0, 0.05) is 29.4 Å². The highest BCUT2D eigenvalue weighted by atomic mass is 16.4. The van der Waals surface area contributed by atoms with E-state index in [-0.39, 0.29) is 11.1 Å². The number of hydrogen-bond donors (Lipinski definition) is 2. The fourth-order valence-corrected chi connectivity index (χ4v) is 3.64. The monoisotopic (exact) mass is 444 g/mol. The fourth-order valence-electron chi connectivity index (χ4n) is 3.64. The highest BCUT2D eigenvalue weighted by Gasteiger charge is 2.29. The Balaban J connectivity index is 2.65. The molecule has 172 valence electrons. The molecule has 0 unspecified atom stereocenters. The van der Waals surface area contributed by atoms with Crippen molar-refractivity contribution in [2.24, 2.45) is 0 Å². The molecule has 0 aliphatic rings. The molecule has 4 heteroatoms. The molecule has 2 rings (SSSR count). The SMILES string of the molecule is CCCCC#Cc1cc(C(=O)O)ccc1C(C)(C)c1ccc(C(=O)O)cc1C#CCCCC. The number of benzene rings is 2. The average molecular weight is 445 g/mol. The van der Waals surface area contributed by atoms with E-state index in [2.05, 4.69) is 37.5 Å². The van der Waals surface area contributed by atoms with Crippen LogP contribution >= 0.6 is 0 Å². The summed E-state index contributed by atoms with van der Waals surface area (Å²) in [6.45, 7) is 8.27. The summed E-state index contributed by atoms with van der Waals surface area (Å²) in [6, 6.07) is 10.1. The standard InChI is InChI=1S/C29H32O4/c1-5-7-9-11-13-21-19-23(27(30)31)15-17-25(21)29(3,4)26-18-16-24(28(32)33)20-22(26)14-12-10-8-6-2/h15-20H,5-10H2,1-4H3,(H,30,31)(H,32,33). The maximum Gasteiger partial charge on any atom is 0.335 e. The Labute approximate surface area is 197 Å². The molecule has 0 aliphatic carbocycles.